The van der Waals surface area contributed by atoms with E-state index in [0.717, 1.165) is 67.2 Å². The topological polar surface area (TPSA) is 52.6 Å². The molecule has 0 rings (SSSR count). The predicted octanol–water partition coefficient (Wildman–Crippen LogP) is 13.9. The van der Waals surface area contributed by atoms with Gasteiger partial charge >= 0.3 is 11.9 Å². The maximum atomic E-state index is 12.3. The smallest absolute Gasteiger partial charge is 0.305 e. The van der Waals surface area contributed by atoms with Crippen molar-refractivity contribution in [2.45, 2.75) is 239 Å². The lowest BCUT2D eigenvalue weighted by Gasteiger charge is -2.29. The molecule has 55 heavy (non-hydrogen) atoms. The Morgan fingerprint density at radius 2 is 0.527 bits per heavy atom. The number of hydrogen-bond acceptors (Lipinski definition) is 4. The molecule has 0 aromatic rings. The number of ether oxygens (including phenoxy) is 2. The van der Waals surface area contributed by atoms with E-state index in [1.807, 2.05) is 0 Å². The number of rotatable bonds is 44. The summed E-state index contributed by atoms with van der Waals surface area (Å²) in [4.78, 5) is 24.5. The molecule has 0 aliphatic rings. The van der Waals surface area contributed by atoms with Crippen LogP contribution in [0.2, 0.25) is 0 Å². The van der Waals surface area contributed by atoms with E-state index in [1.165, 1.54) is 180 Å². The zero-order valence-electron chi connectivity index (χ0n) is 38.5. The Balaban J connectivity index is 3.57. The molecule has 0 atom stereocenters. The number of carbonyl (C=O) groups excluding carboxylic acids is 2. The average Bonchev–Trinajstić information content (AvgIpc) is 3.14. The van der Waals surface area contributed by atoms with Gasteiger partial charge in [0.15, 0.2) is 0 Å². The Morgan fingerprint density at radius 3 is 0.782 bits per heavy atom. The van der Waals surface area contributed by atoms with Crippen molar-refractivity contribution in [2.24, 2.45) is 0 Å². The molecule has 0 bridgehead atoms. The van der Waals surface area contributed by atoms with Crippen molar-refractivity contribution in [3.8, 4) is 0 Å². The van der Waals surface area contributed by atoms with Gasteiger partial charge in [0.2, 0.25) is 0 Å². The molecule has 0 heterocycles. The number of quaternary nitrogens is 2. The third-order valence-electron chi connectivity index (χ3n) is 11.9. The number of carbonyl (C=O) groups is 2. The van der Waals surface area contributed by atoms with E-state index in [4.69, 9.17) is 9.47 Å². The minimum Gasteiger partial charge on any atom is -0.460 e. The summed E-state index contributed by atoms with van der Waals surface area (Å²) in [5, 5.41) is 0. The number of hydrogen-bond donors (Lipinski definition) is 0. The standard InChI is InChI=1S/C49H100N2O4/c1-7-9-11-13-15-17-19-21-23-25-27-29-34-38-42-50(3,4)44-46-54-48(52)40-36-32-31-33-37-41-49(53)55-47-45-51(5,6)43-39-35-30-28-26-24-22-20-18-16-14-12-10-8-2/h7-47H2,1-6H3/q+2. The van der Waals surface area contributed by atoms with E-state index >= 15 is 0 Å². The molecule has 0 aliphatic heterocycles. The minimum absolute atomic E-state index is 0.0641. The normalized spacial score (nSPS) is 12.0. The Hall–Kier alpha value is -1.14. The van der Waals surface area contributed by atoms with Gasteiger partial charge in [-0.15, -0.1) is 0 Å². The van der Waals surface area contributed by atoms with Gasteiger partial charge in [0.25, 0.3) is 0 Å². The lowest BCUT2D eigenvalue weighted by molar-refractivity contribution is -0.890. The van der Waals surface area contributed by atoms with E-state index in [9.17, 15) is 9.59 Å². The minimum atomic E-state index is -0.0641. The molecular formula is C49H100N2O4+2. The second kappa shape index (κ2) is 39.7. The van der Waals surface area contributed by atoms with E-state index in [0.29, 0.717) is 26.1 Å². The largest absolute Gasteiger partial charge is 0.460 e. The van der Waals surface area contributed by atoms with E-state index < -0.39 is 0 Å². The molecule has 6 heteroatoms. The highest BCUT2D eigenvalue weighted by atomic mass is 16.5. The van der Waals surface area contributed by atoms with Crippen molar-refractivity contribution in [3.05, 3.63) is 0 Å². The summed E-state index contributed by atoms with van der Waals surface area (Å²) >= 11 is 0. The molecule has 0 saturated heterocycles. The molecule has 0 unspecified atom stereocenters. The zero-order chi connectivity index (χ0) is 40.6. The van der Waals surface area contributed by atoms with Crippen molar-refractivity contribution in [3.63, 3.8) is 0 Å². The van der Waals surface area contributed by atoms with Crippen LogP contribution in [0.5, 0.6) is 0 Å². The number of likely N-dealkylation sites (N-methyl/N-ethyl adjacent to an activating group) is 2. The van der Waals surface area contributed by atoms with Gasteiger partial charge in [-0.05, 0) is 38.5 Å². The summed E-state index contributed by atoms with van der Waals surface area (Å²) in [7, 11) is 9.03. The monoisotopic (exact) mass is 781 g/mol. The Labute approximate surface area is 345 Å². The molecule has 0 radical (unpaired) electrons. The Morgan fingerprint density at radius 1 is 0.309 bits per heavy atom. The van der Waals surface area contributed by atoms with Crippen LogP contribution in [0.15, 0.2) is 0 Å². The average molecular weight is 781 g/mol. The van der Waals surface area contributed by atoms with Crippen LogP contribution < -0.4 is 0 Å². The Kier molecular flexibility index (Phi) is 38.9. The van der Waals surface area contributed by atoms with E-state index in [2.05, 4.69) is 42.0 Å². The highest BCUT2D eigenvalue weighted by molar-refractivity contribution is 5.69. The molecule has 0 amide bonds. The van der Waals surface area contributed by atoms with Gasteiger partial charge < -0.3 is 18.4 Å². The van der Waals surface area contributed by atoms with Gasteiger partial charge in [-0.25, -0.2) is 0 Å². The van der Waals surface area contributed by atoms with E-state index in [1.54, 1.807) is 0 Å². The summed E-state index contributed by atoms with van der Waals surface area (Å²) < 4.78 is 13.0. The van der Waals surface area contributed by atoms with Crippen LogP contribution in [0, 0.1) is 0 Å². The molecule has 0 saturated carbocycles. The molecule has 0 fully saturated rings. The van der Waals surface area contributed by atoms with Crippen LogP contribution in [0.4, 0.5) is 0 Å². The van der Waals surface area contributed by atoms with E-state index in [-0.39, 0.29) is 11.9 Å². The van der Waals surface area contributed by atoms with Crippen molar-refractivity contribution >= 4 is 11.9 Å². The summed E-state index contributed by atoms with van der Waals surface area (Å²) in [6.07, 6.45) is 44.7. The number of unbranched alkanes of at least 4 members (excludes halogenated alkanes) is 30. The van der Waals surface area contributed by atoms with Crippen LogP contribution in [-0.4, -0.2) is 88.5 Å². The second-order valence-corrected chi connectivity index (χ2v) is 18.7. The molecule has 0 N–H and O–H groups in total. The molecule has 6 nitrogen and oxygen atoms in total. The third-order valence-corrected chi connectivity index (χ3v) is 11.9. The molecule has 0 spiro atoms. The van der Waals surface area contributed by atoms with Crippen molar-refractivity contribution < 1.29 is 28.0 Å². The fourth-order valence-corrected chi connectivity index (χ4v) is 7.72. The highest BCUT2D eigenvalue weighted by Crippen LogP contribution is 2.16. The van der Waals surface area contributed by atoms with Crippen LogP contribution in [0.25, 0.3) is 0 Å². The zero-order valence-corrected chi connectivity index (χ0v) is 38.5. The lowest BCUT2D eigenvalue weighted by Crippen LogP contribution is -2.43. The fraction of sp³-hybridized carbons (Fsp3) is 0.959. The molecular weight excluding hydrogens is 681 g/mol. The lowest BCUT2D eigenvalue weighted by atomic mass is 10.0. The van der Waals surface area contributed by atoms with Gasteiger partial charge in [-0.3, -0.25) is 9.59 Å². The first-order valence-electron chi connectivity index (χ1n) is 24.6. The van der Waals surface area contributed by atoms with Gasteiger partial charge in [-0.1, -0.05) is 187 Å². The Bertz CT molecular complexity index is 764. The number of nitrogens with zero attached hydrogens (tertiary/aromatic N) is 2. The van der Waals surface area contributed by atoms with Crippen LogP contribution in [0.3, 0.4) is 0 Å². The first kappa shape index (κ1) is 53.9. The summed E-state index contributed by atoms with van der Waals surface area (Å²) in [5.41, 5.74) is 0. The fourth-order valence-electron chi connectivity index (χ4n) is 7.72. The van der Waals surface area contributed by atoms with Crippen molar-refractivity contribution in [2.75, 3.05) is 67.6 Å². The van der Waals surface area contributed by atoms with Crippen LogP contribution in [-0.2, 0) is 19.1 Å². The van der Waals surface area contributed by atoms with Gasteiger partial charge in [-0.2, -0.15) is 0 Å². The number of esters is 2. The maximum absolute atomic E-state index is 12.3. The highest BCUT2D eigenvalue weighted by Gasteiger charge is 2.17. The first-order chi connectivity index (χ1) is 26.6. The van der Waals surface area contributed by atoms with Crippen LogP contribution in [0.1, 0.15) is 239 Å². The van der Waals surface area contributed by atoms with Gasteiger partial charge in [0, 0.05) is 12.8 Å². The summed E-state index contributed by atoms with van der Waals surface area (Å²) in [6, 6.07) is 0. The predicted molar refractivity (Wildman–Crippen MR) is 239 cm³/mol. The molecule has 0 aromatic carbocycles. The quantitative estimate of drug-likeness (QED) is 0.0351. The van der Waals surface area contributed by atoms with Crippen LogP contribution >= 0.6 is 0 Å². The van der Waals surface area contributed by atoms with Gasteiger partial charge in [0.1, 0.15) is 26.3 Å². The molecule has 328 valence electrons. The summed E-state index contributed by atoms with van der Waals surface area (Å²) in [6.45, 7) is 9.68. The first-order valence-corrected chi connectivity index (χ1v) is 24.6. The third kappa shape index (κ3) is 42.3. The van der Waals surface area contributed by atoms with Crippen molar-refractivity contribution in [1.82, 2.24) is 0 Å². The SMILES string of the molecule is CCCCCCCCCCCCCCCC[N+](C)(C)CCOC(=O)CCCCCCCC(=O)OCC[N+](C)(C)CCCCCCCCCCCCCCCC. The summed E-state index contributed by atoms with van der Waals surface area (Å²) in [5.74, 6) is -0.128. The molecule has 0 aliphatic carbocycles. The maximum Gasteiger partial charge on any atom is 0.305 e. The second-order valence-electron chi connectivity index (χ2n) is 18.7. The van der Waals surface area contributed by atoms with Crippen molar-refractivity contribution in [1.29, 1.82) is 0 Å². The van der Waals surface area contributed by atoms with Gasteiger partial charge in [0.05, 0.1) is 41.3 Å². The molecule has 0 aromatic heterocycles.